The number of aromatic nitrogens is 2. The van der Waals surface area contributed by atoms with Crippen molar-refractivity contribution in [3.63, 3.8) is 0 Å². The Labute approximate surface area is 144 Å². The van der Waals surface area contributed by atoms with E-state index in [2.05, 4.69) is 31.2 Å². The number of benzene rings is 1. The van der Waals surface area contributed by atoms with Gasteiger partial charge in [0.05, 0.1) is 4.47 Å². The van der Waals surface area contributed by atoms with Gasteiger partial charge in [0.2, 0.25) is 5.95 Å². The van der Waals surface area contributed by atoms with Crippen molar-refractivity contribution < 1.29 is 4.79 Å². The van der Waals surface area contributed by atoms with Gasteiger partial charge in [0.1, 0.15) is 0 Å². The minimum atomic E-state index is 0.133. The molecular weight excluding hydrogens is 356 g/mol. The Hall–Kier alpha value is -1.95. The van der Waals surface area contributed by atoms with E-state index in [0.717, 1.165) is 42.5 Å². The first-order valence-corrected chi connectivity index (χ1v) is 8.57. The minimum absolute atomic E-state index is 0.133. The molecule has 2 aromatic rings. The van der Waals surface area contributed by atoms with Crippen molar-refractivity contribution in [2.24, 2.45) is 5.92 Å². The summed E-state index contributed by atoms with van der Waals surface area (Å²) in [5.41, 5.74) is 0.771. The first-order chi connectivity index (χ1) is 11.2. The number of nitrogens with one attached hydrogen (secondary N) is 1. The zero-order valence-corrected chi connectivity index (χ0v) is 14.4. The molecule has 2 heterocycles. The molecule has 1 aromatic carbocycles. The summed E-state index contributed by atoms with van der Waals surface area (Å²) in [5.74, 6) is 1.33. The van der Waals surface area contributed by atoms with Crippen molar-refractivity contribution >= 4 is 27.8 Å². The fraction of sp³-hybridized carbons (Fsp3) is 0.353. The molecule has 1 N–H and O–H groups in total. The van der Waals surface area contributed by atoms with E-state index in [1.165, 1.54) is 0 Å². The zero-order chi connectivity index (χ0) is 16.1. The predicted octanol–water partition coefficient (Wildman–Crippen LogP) is 3.20. The summed E-state index contributed by atoms with van der Waals surface area (Å²) in [6.45, 7) is 2.46. The molecule has 0 unspecified atom stereocenters. The van der Waals surface area contributed by atoms with E-state index >= 15 is 0 Å². The summed E-state index contributed by atoms with van der Waals surface area (Å²) >= 11 is 3.32. The quantitative estimate of drug-likeness (QED) is 0.892. The monoisotopic (exact) mass is 374 g/mol. The van der Waals surface area contributed by atoms with Crippen LogP contribution in [0.1, 0.15) is 23.2 Å². The van der Waals surface area contributed by atoms with Crippen LogP contribution in [0.2, 0.25) is 0 Å². The number of likely N-dealkylation sites (tertiary alicyclic amines) is 1. The van der Waals surface area contributed by atoms with Gasteiger partial charge in [-0.05, 0) is 46.8 Å². The number of amides is 1. The molecule has 0 atom stereocenters. The number of hydrogen-bond acceptors (Lipinski definition) is 4. The summed E-state index contributed by atoms with van der Waals surface area (Å²) < 4.78 is 0.871. The Bertz CT molecular complexity index is 639. The number of rotatable bonds is 4. The standard InChI is InChI=1S/C17H19BrN4O/c18-15-11-20-17(21-12-15)19-10-13-6-8-22(9-7-13)16(23)14-4-2-1-3-5-14/h1-5,11-13H,6-10H2,(H,19,20,21). The molecule has 6 heteroatoms. The van der Waals surface area contributed by atoms with Crippen LogP contribution in [0.25, 0.3) is 0 Å². The lowest BCUT2D eigenvalue weighted by Gasteiger charge is -2.32. The molecule has 1 aliphatic rings. The van der Waals surface area contributed by atoms with Crippen molar-refractivity contribution in [2.75, 3.05) is 25.0 Å². The molecule has 0 spiro atoms. The third-order valence-corrected chi connectivity index (χ3v) is 4.50. The van der Waals surface area contributed by atoms with Crippen molar-refractivity contribution in [3.05, 3.63) is 52.8 Å². The van der Waals surface area contributed by atoms with Crippen LogP contribution in [-0.4, -0.2) is 40.4 Å². The van der Waals surface area contributed by atoms with Crippen LogP contribution in [0.4, 0.5) is 5.95 Å². The van der Waals surface area contributed by atoms with E-state index in [1.807, 2.05) is 35.2 Å². The van der Waals surface area contributed by atoms with E-state index in [-0.39, 0.29) is 5.91 Å². The number of piperidine rings is 1. The highest BCUT2D eigenvalue weighted by Crippen LogP contribution is 2.19. The molecule has 23 heavy (non-hydrogen) atoms. The minimum Gasteiger partial charge on any atom is -0.354 e. The molecule has 0 saturated carbocycles. The lowest BCUT2D eigenvalue weighted by Crippen LogP contribution is -2.39. The molecular formula is C17H19BrN4O. The van der Waals surface area contributed by atoms with Crippen LogP contribution in [0.15, 0.2) is 47.2 Å². The van der Waals surface area contributed by atoms with Gasteiger partial charge in [-0.3, -0.25) is 4.79 Å². The van der Waals surface area contributed by atoms with Crippen LogP contribution < -0.4 is 5.32 Å². The van der Waals surface area contributed by atoms with E-state index in [9.17, 15) is 4.79 Å². The molecule has 1 amide bonds. The molecule has 5 nitrogen and oxygen atoms in total. The third kappa shape index (κ3) is 4.28. The summed E-state index contributed by atoms with van der Waals surface area (Å²) in [6.07, 6.45) is 5.47. The second-order valence-electron chi connectivity index (χ2n) is 5.71. The van der Waals surface area contributed by atoms with Gasteiger partial charge >= 0.3 is 0 Å². The Kier molecular flexibility index (Phi) is 5.23. The number of hydrogen-bond donors (Lipinski definition) is 1. The van der Waals surface area contributed by atoms with E-state index in [4.69, 9.17) is 0 Å². The fourth-order valence-corrected chi connectivity index (χ4v) is 2.95. The molecule has 120 valence electrons. The average molecular weight is 375 g/mol. The normalized spacial score (nSPS) is 15.4. The Morgan fingerprint density at radius 2 is 1.83 bits per heavy atom. The van der Waals surface area contributed by atoms with Crippen LogP contribution >= 0.6 is 15.9 Å². The second kappa shape index (κ2) is 7.55. The summed E-state index contributed by atoms with van der Waals surface area (Å²) in [7, 11) is 0. The third-order valence-electron chi connectivity index (χ3n) is 4.09. The van der Waals surface area contributed by atoms with Gasteiger partial charge in [0.15, 0.2) is 0 Å². The molecule has 0 aliphatic carbocycles. The van der Waals surface area contributed by atoms with Gasteiger partial charge in [0, 0.05) is 37.6 Å². The highest BCUT2D eigenvalue weighted by Gasteiger charge is 2.23. The van der Waals surface area contributed by atoms with Crippen molar-refractivity contribution in [1.29, 1.82) is 0 Å². The van der Waals surface area contributed by atoms with Gasteiger partial charge < -0.3 is 10.2 Å². The molecule has 0 bridgehead atoms. The molecule has 1 aromatic heterocycles. The van der Waals surface area contributed by atoms with Gasteiger partial charge in [-0.2, -0.15) is 0 Å². The summed E-state index contributed by atoms with van der Waals surface area (Å²) in [5, 5.41) is 3.27. The lowest BCUT2D eigenvalue weighted by molar-refractivity contribution is 0.0695. The molecule has 0 radical (unpaired) electrons. The predicted molar refractivity (Wildman–Crippen MR) is 93.3 cm³/mol. The van der Waals surface area contributed by atoms with E-state index < -0.39 is 0 Å². The van der Waals surface area contributed by atoms with Gasteiger partial charge in [-0.15, -0.1) is 0 Å². The second-order valence-corrected chi connectivity index (χ2v) is 6.62. The van der Waals surface area contributed by atoms with Crippen molar-refractivity contribution in [2.45, 2.75) is 12.8 Å². The lowest BCUT2D eigenvalue weighted by atomic mass is 9.96. The maximum atomic E-state index is 12.4. The number of carbonyl (C=O) groups is 1. The summed E-state index contributed by atoms with van der Waals surface area (Å²) in [4.78, 5) is 22.8. The molecule has 3 rings (SSSR count). The highest BCUT2D eigenvalue weighted by atomic mass is 79.9. The molecule has 1 aliphatic heterocycles. The van der Waals surface area contributed by atoms with Crippen LogP contribution in [0.5, 0.6) is 0 Å². The average Bonchev–Trinajstić information content (AvgIpc) is 2.62. The van der Waals surface area contributed by atoms with E-state index in [1.54, 1.807) is 12.4 Å². The largest absolute Gasteiger partial charge is 0.354 e. The smallest absolute Gasteiger partial charge is 0.253 e. The maximum Gasteiger partial charge on any atom is 0.253 e. The summed E-state index contributed by atoms with van der Waals surface area (Å²) in [6, 6.07) is 9.49. The Morgan fingerprint density at radius 1 is 1.17 bits per heavy atom. The SMILES string of the molecule is O=C(c1ccccc1)N1CCC(CNc2ncc(Br)cn2)CC1. The van der Waals surface area contributed by atoms with Gasteiger partial charge in [-0.1, -0.05) is 18.2 Å². The zero-order valence-electron chi connectivity index (χ0n) is 12.8. The number of anilines is 1. The maximum absolute atomic E-state index is 12.4. The first kappa shape index (κ1) is 15.9. The van der Waals surface area contributed by atoms with Crippen molar-refractivity contribution in [3.8, 4) is 0 Å². The molecule has 1 fully saturated rings. The fourth-order valence-electron chi connectivity index (χ4n) is 2.74. The van der Waals surface area contributed by atoms with E-state index in [0.29, 0.717) is 11.9 Å². The number of nitrogens with zero attached hydrogens (tertiary/aromatic N) is 3. The Morgan fingerprint density at radius 3 is 2.48 bits per heavy atom. The topological polar surface area (TPSA) is 58.1 Å². The van der Waals surface area contributed by atoms with Crippen molar-refractivity contribution in [1.82, 2.24) is 14.9 Å². The van der Waals surface area contributed by atoms with Crippen LogP contribution in [-0.2, 0) is 0 Å². The Balaban J connectivity index is 1.47. The number of halogens is 1. The number of carbonyl (C=O) groups excluding carboxylic acids is 1. The van der Waals surface area contributed by atoms with Gasteiger partial charge in [0.25, 0.3) is 5.91 Å². The molecule has 1 saturated heterocycles. The highest BCUT2D eigenvalue weighted by molar-refractivity contribution is 9.10. The first-order valence-electron chi connectivity index (χ1n) is 7.78. The van der Waals surface area contributed by atoms with Gasteiger partial charge in [-0.25, -0.2) is 9.97 Å². The van der Waals surface area contributed by atoms with Crippen LogP contribution in [0.3, 0.4) is 0 Å². The van der Waals surface area contributed by atoms with Crippen LogP contribution in [0, 0.1) is 5.92 Å².